The van der Waals surface area contributed by atoms with Crippen LogP contribution in [0.2, 0.25) is 0 Å². The number of ether oxygens (including phenoxy) is 1. The van der Waals surface area contributed by atoms with Crippen molar-refractivity contribution in [2.45, 2.75) is 33.2 Å². The number of carbonyl (C=O) groups is 1. The van der Waals surface area contributed by atoms with Crippen molar-refractivity contribution >= 4 is 5.91 Å². The molecule has 0 radical (unpaired) electrons. The molecule has 0 aliphatic heterocycles. The Kier molecular flexibility index (Phi) is 6.74. The summed E-state index contributed by atoms with van der Waals surface area (Å²) in [5.41, 5.74) is 1.45. The minimum atomic E-state index is -0.167. The third-order valence-electron chi connectivity index (χ3n) is 3.73. The molecule has 2 aromatic rings. The molecule has 134 valence electrons. The van der Waals surface area contributed by atoms with Crippen LogP contribution in [-0.2, 0) is 11.3 Å². The van der Waals surface area contributed by atoms with Crippen molar-refractivity contribution in [2.75, 3.05) is 13.7 Å². The minimum Gasteiger partial charge on any atom is -0.497 e. The summed E-state index contributed by atoms with van der Waals surface area (Å²) in [7, 11) is 1.62. The van der Waals surface area contributed by atoms with Gasteiger partial charge in [0.25, 0.3) is 5.56 Å². The molecule has 0 atom stereocenters. The van der Waals surface area contributed by atoms with Crippen LogP contribution in [0.1, 0.15) is 26.7 Å². The lowest BCUT2D eigenvalue weighted by Gasteiger charge is -2.09. The molecule has 1 amide bonds. The molecule has 0 spiro atoms. The van der Waals surface area contributed by atoms with Crippen LogP contribution in [0.4, 0.5) is 0 Å². The van der Waals surface area contributed by atoms with Crippen LogP contribution in [0, 0.1) is 5.92 Å². The average Bonchev–Trinajstić information content (AvgIpc) is 2.61. The summed E-state index contributed by atoms with van der Waals surface area (Å²) in [4.78, 5) is 23.7. The standard InChI is InChI=1S/C19H25N3O3/c1-14(2)13-20-18(23)5-4-12-22-19(24)11-10-17(21-22)15-6-8-16(25-3)9-7-15/h6-11,14H,4-5,12-13H2,1-3H3,(H,20,23). The number of methoxy groups -OCH3 is 1. The summed E-state index contributed by atoms with van der Waals surface area (Å²) in [6, 6.07) is 10.7. The maximum absolute atomic E-state index is 12.0. The summed E-state index contributed by atoms with van der Waals surface area (Å²) in [5, 5.41) is 7.27. The average molecular weight is 343 g/mol. The van der Waals surface area contributed by atoms with E-state index in [1.807, 2.05) is 24.3 Å². The molecular formula is C19H25N3O3. The van der Waals surface area contributed by atoms with Crippen molar-refractivity contribution in [1.29, 1.82) is 0 Å². The predicted molar refractivity (Wildman–Crippen MR) is 97.6 cm³/mol. The molecule has 25 heavy (non-hydrogen) atoms. The molecule has 0 saturated heterocycles. The van der Waals surface area contributed by atoms with Gasteiger partial charge in [0, 0.05) is 31.1 Å². The highest BCUT2D eigenvalue weighted by Gasteiger charge is 2.06. The van der Waals surface area contributed by atoms with Gasteiger partial charge in [-0.2, -0.15) is 5.10 Å². The molecule has 0 aliphatic rings. The van der Waals surface area contributed by atoms with Crippen LogP contribution in [0.25, 0.3) is 11.3 Å². The maximum atomic E-state index is 12.0. The summed E-state index contributed by atoms with van der Waals surface area (Å²) in [6.07, 6.45) is 0.955. The van der Waals surface area contributed by atoms with Crippen molar-refractivity contribution in [2.24, 2.45) is 5.92 Å². The van der Waals surface area contributed by atoms with Crippen LogP contribution in [-0.4, -0.2) is 29.3 Å². The second kappa shape index (κ2) is 9.01. The number of amides is 1. The van der Waals surface area contributed by atoms with Crippen molar-refractivity contribution in [3.8, 4) is 17.0 Å². The normalized spacial score (nSPS) is 10.7. The fraction of sp³-hybridized carbons (Fsp3) is 0.421. The van der Waals surface area contributed by atoms with Crippen LogP contribution >= 0.6 is 0 Å². The molecule has 2 rings (SSSR count). The molecule has 1 heterocycles. The first kappa shape index (κ1) is 18.7. The van der Waals surface area contributed by atoms with Crippen molar-refractivity contribution in [3.63, 3.8) is 0 Å². The molecule has 0 aliphatic carbocycles. The first-order valence-corrected chi connectivity index (χ1v) is 8.49. The Morgan fingerprint density at radius 1 is 1.20 bits per heavy atom. The van der Waals surface area contributed by atoms with Gasteiger partial charge in [0.05, 0.1) is 12.8 Å². The number of nitrogens with one attached hydrogen (secondary N) is 1. The molecule has 0 saturated carbocycles. The second-order valence-electron chi connectivity index (χ2n) is 6.31. The van der Waals surface area contributed by atoms with E-state index in [2.05, 4.69) is 24.3 Å². The van der Waals surface area contributed by atoms with Gasteiger partial charge in [0.2, 0.25) is 5.91 Å². The molecule has 6 heteroatoms. The molecule has 6 nitrogen and oxygen atoms in total. The van der Waals surface area contributed by atoms with E-state index in [1.165, 1.54) is 10.7 Å². The molecule has 1 N–H and O–H groups in total. The predicted octanol–water partition coefficient (Wildman–Crippen LogP) is 2.47. The number of aryl methyl sites for hydroxylation is 1. The summed E-state index contributed by atoms with van der Waals surface area (Å²) < 4.78 is 6.56. The Labute approximate surface area is 147 Å². The van der Waals surface area contributed by atoms with Crippen LogP contribution in [0.3, 0.4) is 0 Å². The summed E-state index contributed by atoms with van der Waals surface area (Å²) >= 11 is 0. The summed E-state index contributed by atoms with van der Waals surface area (Å²) in [5.74, 6) is 1.20. The van der Waals surface area contributed by atoms with Gasteiger partial charge in [-0.25, -0.2) is 4.68 Å². The van der Waals surface area contributed by atoms with Gasteiger partial charge < -0.3 is 10.1 Å². The van der Waals surface area contributed by atoms with Gasteiger partial charge in [0.1, 0.15) is 5.75 Å². The van der Waals surface area contributed by atoms with Gasteiger partial charge in [-0.15, -0.1) is 0 Å². The maximum Gasteiger partial charge on any atom is 0.266 e. The van der Waals surface area contributed by atoms with Gasteiger partial charge in [-0.1, -0.05) is 13.8 Å². The largest absolute Gasteiger partial charge is 0.497 e. The number of rotatable bonds is 8. The third-order valence-corrected chi connectivity index (χ3v) is 3.73. The second-order valence-corrected chi connectivity index (χ2v) is 6.31. The zero-order valence-corrected chi connectivity index (χ0v) is 15.0. The number of carbonyl (C=O) groups excluding carboxylic acids is 1. The number of nitrogens with zero attached hydrogens (tertiary/aromatic N) is 2. The Morgan fingerprint density at radius 2 is 1.92 bits per heavy atom. The third kappa shape index (κ3) is 5.74. The number of hydrogen-bond acceptors (Lipinski definition) is 4. The zero-order chi connectivity index (χ0) is 18.2. The Hall–Kier alpha value is -2.63. The van der Waals surface area contributed by atoms with Crippen LogP contribution in [0.15, 0.2) is 41.2 Å². The molecule has 1 aromatic heterocycles. The Morgan fingerprint density at radius 3 is 2.56 bits per heavy atom. The van der Waals surface area contributed by atoms with E-state index in [9.17, 15) is 9.59 Å². The lowest BCUT2D eigenvalue weighted by atomic mass is 10.1. The molecule has 0 unspecified atom stereocenters. The van der Waals surface area contributed by atoms with Crippen molar-refractivity contribution in [3.05, 3.63) is 46.8 Å². The van der Waals surface area contributed by atoms with E-state index in [4.69, 9.17) is 4.74 Å². The van der Waals surface area contributed by atoms with Crippen LogP contribution < -0.4 is 15.6 Å². The minimum absolute atomic E-state index is 0.00746. The topological polar surface area (TPSA) is 73.2 Å². The van der Waals surface area contributed by atoms with E-state index < -0.39 is 0 Å². The smallest absolute Gasteiger partial charge is 0.266 e. The van der Waals surface area contributed by atoms with E-state index in [-0.39, 0.29) is 11.5 Å². The van der Waals surface area contributed by atoms with Gasteiger partial charge in [-0.3, -0.25) is 9.59 Å². The Balaban J connectivity index is 1.99. The SMILES string of the molecule is COc1ccc(-c2ccc(=O)n(CCCC(=O)NCC(C)C)n2)cc1. The molecule has 1 aromatic carbocycles. The van der Waals surface area contributed by atoms with Crippen molar-refractivity contribution < 1.29 is 9.53 Å². The van der Waals surface area contributed by atoms with E-state index in [1.54, 1.807) is 13.2 Å². The van der Waals surface area contributed by atoms with Crippen molar-refractivity contribution in [1.82, 2.24) is 15.1 Å². The fourth-order valence-corrected chi connectivity index (χ4v) is 2.32. The monoisotopic (exact) mass is 343 g/mol. The van der Waals surface area contributed by atoms with Crippen LogP contribution in [0.5, 0.6) is 5.75 Å². The highest BCUT2D eigenvalue weighted by molar-refractivity contribution is 5.75. The number of benzene rings is 1. The number of aromatic nitrogens is 2. The Bertz CT molecular complexity index is 751. The first-order chi connectivity index (χ1) is 12.0. The fourth-order valence-electron chi connectivity index (χ4n) is 2.32. The lowest BCUT2D eigenvalue weighted by Crippen LogP contribution is -2.28. The lowest BCUT2D eigenvalue weighted by molar-refractivity contribution is -0.121. The summed E-state index contributed by atoms with van der Waals surface area (Å²) in [6.45, 7) is 5.19. The molecular weight excluding hydrogens is 318 g/mol. The van der Waals surface area contributed by atoms with E-state index in [0.717, 1.165) is 11.3 Å². The van der Waals surface area contributed by atoms with E-state index in [0.29, 0.717) is 37.5 Å². The quantitative estimate of drug-likeness (QED) is 0.799. The zero-order valence-electron chi connectivity index (χ0n) is 15.0. The molecule has 0 bridgehead atoms. The highest BCUT2D eigenvalue weighted by atomic mass is 16.5. The van der Waals surface area contributed by atoms with Gasteiger partial charge >= 0.3 is 0 Å². The molecule has 0 fully saturated rings. The highest BCUT2D eigenvalue weighted by Crippen LogP contribution is 2.19. The van der Waals surface area contributed by atoms with Gasteiger partial charge in [-0.05, 0) is 42.7 Å². The first-order valence-electron chi connectivity index (χ1n) is 8.49. The number of hydrogen-bond donors (Lipinski definition) is 1. The van der Waals surface area contributed by atoms with Gasteiger partial charge in [0.15, 0.2) is 0 Å². The van der Waals surface area contributed by atoms with E-state index >= 15 is 0 Å².